The molecule has 0 fully saturated rings. The van der Waals surface area contributed by atoms with Gasteiger partial charge in [-0.05, 0) is 37.6 Å². The maximum absolute atomic E-state index is 12.2. The summed E-state index contributed by atoms with van der Waals surface area (Å²) in [4.78, 5) is 34.2. The Balaban J connectivity index is 1.76. The van der Waals surface area contributed by atoms with Crippen molar-refractivity contribution in [2.45, 2.75) is 27.4 Å². The number of rotatable bonds is 5. The number of pyridine rings is 1. The Kier molecular flexibility index (Phi) is 5.61. The molecule has 0 aliphatic carbocycles. The van der Waals surface area contributed by atoms with Crippen LogP contribution in [0.4, 0.5) is 10.8 Å². The highest BCUT2D eigenvalue weighted by molar-refractivity contribution is 7.14. The quantitative estimate of drug-likeness (QED) is 0.620. The molecular weight excluding hydrogens is 362 g/mol. The largest absolute Gasteiger partial charge is 0.456 e. The van der Waals surface area contributed by atoms with E-state index < -0.39 is 5.97 Å². The van der Waals surface area contributed by atoms with E-state index >= 15 is 0 Å². The number of nitrogens with zero attached hydrogens (tertiary/aromatic N) is 3. The number of ether oxygens (including phenoxy) is 1. The molecule has 27 heavy (non-hydrogen) atoms. The molecule has 0 aliphatic rings. The average molecular weight is 381 g/mol. The standard InChI is InChI=1S/C20H19N3O3S/c1-13-4-5-18(14(2)10-13)23(15(3)24)20-22-17(12-27-20)11-26-19(25)16-6-8-21-9-7-16/h4-10,12H,11H2,1-3H3. The third kappa shape index (κ3) is 4.38. The number of hydrogen-bond donors (Lipinski definition) is 0. The Morgan fingerprint density at radius 3 is 2.56 bits per heavy atom. The van der Waals surface area contributed by atoms with Crippen LogP contribution in [0, 0.1) is 13.8 Å². The second-order valence-corrected chi connectivity index (χ2v) is 6.91. The van der Waals surface area contributed by atoms with Gasteiger partial charge in [0, 0.05) is 24.7 Å². The van der Waals surface area contributed by atoms with E-state index in [-0.39, 0.29) is 12.5 Å². The van der Waals surface area contributed by atoms with Crippen LogP contribution in [-0.4, -0.2) is 21.8 Å². The number of thiazole rings is 1. The summed E-state index contributed by atoms with van der Waals surface area (Å²) in [7, 11) is 0. The second-order valence-electron chi connectivity index (χ2n) is 6.08. The van der Waals surface area contributed by atoms with Crippen molar-refractivity contribution in [2.24, 2.45) is 0 Å². The molecule has 0 saturated carbocycles. The summed E-state index contributed by atoms with van der Waals surface area (Å²) < 4.78 is 5.29. The van der Waals surface area contributed by atoms with Crippen LogP contribution in [0.15, 0.2) is 48.1 Å². The number of amides is 1. The highest BCUT2D eigenvalue weighted by Crippen LogP contribution is 2.31. The Labute approximate surface area is 161 Å². The number of carbonyl (C=O) groups excluding carboxylic acids is 2. The van der Waals surface area contributed by atoms with Gasteiger partial charge in [0.1, 0.15) is 6.61 Å². The van der Waals surface area contributed by atoms with Crippen LogP contribution < -0.4 is 4.90 Å². The molecule has 2 aromatic heterocycles. The summed E-state index contributed by atoms with van der Waals surface area (Å²) in [5.41, 5.74) is 3.94. The van der Waals surface area contributed by atoms with E-state index in [1.165, 1.54) is 30.7 Å². The minimum Gasteiger partial charge on any atom is -0.456 e. The van der Waals surface area contributed by atoms with Crippen LogP contribution in [0.1, 0.15) is 34.1 Å². The van der Waals surface area contributed by atoms with Gasteiger partial charge in [-0.15, -0.1) is 11.3 Å². The van der Waals surface area contributed by atoms with Crippen molar-refractivity contribution < 1.29 is 14.3 Å². The van der Waals surface area contributed by atoms with Crippen LogP contribution in [-0.2, 0) is 16.1 Å². The monoisotopic (exact) mass is 381 g/mol. The molecule has 0 saturated heterocycles. The minimum atomic E-state index is -0.440. The summed E-state index contributed by atoms with van der Waals surface area (Å²) in [5, 5.41) is 2.33. The Morgan fingerprint density at radius 1 is 1.15 bits per heavy atom. The number of benzene rings is 1. The van der Waals surface area contributed by atoms with Gasteiger partial charge in [0.05, 0.1) is 16.9 Å². The SMILES string of the molecule is CC(=O)N(c1nc(COC(=O)c2ccncc2)cs1)c1ccc(C)cc1C. The van der Waals surface area contributed by atoms with Crippen LogP contribution in [0.3, 0.4) is 0 Å². The summed E-state index contributed by atoms with van der Waals surface area (Å²) in [5.74, 6) is -0.568. The van der Waals surface area contributed by atoms with Crippen LogP contribution in [0.5, 0.6) is 0 Å². The van der Waals surface area contributed by atoms with Gasteiger partial charge in [0.2, 0.25) is 5.91 Å². The van der Waals surface area contributed by atoms with Gasteiger partial charge in [-0.3, -0.25) is 14.7 Å². The van der Waals surface area contributed by atoms with Gasteiger partial charge in [-0.25, -0.2) is 9.78 Å². The third-order valence-corrected chi connectivity index (χ3v) is 4.78. The van der Waals surface area contributed by atoms with E-state index in [1.54, 1.807) is 22.4 Å². The molecule has 6 nitrogen and oxygen atoms in total. The number of aryl methyl sites for hydroxylation is 2. The molecule has 3 rings (SSSR count). The molecule has 2 heterocycles. The molecule has 0 aliphatic heterocycles. The summed E-state index contributed by atoms with van der Waals surface area (Å²) >= 11 is 1.33. The zero-order chi connectivity index (χ0) is 19.4. The van der Waals surface area contributed by atoms with Crippen molar-refractivity contribution in [3.8, 4) is 0 Å². The first-order valence-electron chi connectivity index (χ1n) is 8.35. The molecular formula is C20H19N3O3S. The lowest BCUT2D eigenvalue weighted by atomic mass is 10.1. The lowest BCUT2D eigenvalue weighted by molar-refractivity contribution is -0.115. The van der Waals surface area contributed by atoms with E-state index in [1.807, 2.05) is 32.0 Å². The van der Waals surface area contributed by atoms with E-state index in [2.05, 4.69) is 9.97 Å². The van der Waals surface area contributed by atoms with Gasteiger partial charge in [0.15, 0.2) is 5.13 Å². The Hall–Kier alpha value is -3.06. The zero-order valence-electron chi connectivity index (χ0n) is 15.3. The second kappa shape index (κ2) is 8.09. The molecule has 0 spiro atoms. The van der Waals surface area contributed by atoms with Crippen molar-refractivity contribution in [2.75, 3.05) is 4.90 Å². The molecule has 3 aromatic rings. The normalized spacial score (nSPS) is 10.5. The predicted octanol–water partition coefficient (Wildman–Crippen LogP) is 4.20. The fourth-order valence-electron chi connectivity index (χ4n) is 2.64. The molecule has 0 atom stereocenters. The molecule has 138 valence electrons. The van der Waals surface area contributed by atoms with Gasteiger partial charge >= 0.3 is 5.97 Å². The van der Waals surface area contributed by atoms with Crippen LogP contribution >= 0.6 is 11.3 Å². The van der Waals surface area contributed by atoms with Crippen LogP contribution in [0.2, 0.25) is 0 Å². The fraction of sp³-hybridized carbons (Fsp3) is 0.200. The highest BCUT2D eigenvalue weighted by Gasteiger charge is 2.20. The first-order chi connectivity index (χ1) is 13.0. The molecule has 0 bridgehead atoms. The molecule has 1 aromatic carbocycles. The fourth-order valence-corrected chi connectivity index (χ4v) is 3.50. The van der Waals surface area contributed by atoms with Gasteiger partial charge in [-0.1, -0.05) is 17.7 Å². The molecule has 0 unspecified atom stereocenters. The zero-order valence-corrected chi connectivity index (χ0v) is 16.1. The van der Waals surface area contributed by atoms with Gasteiger partial charge in [0.25, 0.3) is 0 Å². The van der Waals surface area contributed by atoms with Crippen molar-refractivity contribution in [3.05, 3.63) is 70.5 Å². The highest BCUT2D eigenvalue weighted by atomic mass is 32.1. The van der Waals surface area contributed by atoms with Crippen molar-refractivity contribution in [1.82, 2.24) is 9.97 Å². The summed E-state index contributed by atoms with van der Waals surface area (Å²) in [6.45, 7) is 5.51. The Morgan fingerprint density at radius 2 is 1.89 bits per heavy atom. The lowest BCUT2D eigenvalue weighted by Crippen LogP contribution is -2.23. The third-order valence-electron chi connectivity index (χ3n) is 3.91. The van der Waals surface area contributed by atoms with E-state index in [0.717, 1.165) is 16.8 Å². The lowest BCUT2D eigenvalue weighted by Gasteiger charge is -2.20. The van der Waals surface area contributed by atoms with E-state index in [0.29, 0.717) is 16.4 Å². The molecule has 0 radical (unpaired) electrons. The maximum atomic E-state index is 12.2. The molecule has 1 amide bonds. The predicted molar refractivity (Wildman–Crippen MR) is 104 cm³/mol. The number of hydrogen-bond acceptors (Lipinski definition) is 6. The van der Waals surface area contributed by atoms with Gasteiger partial charge in [-0.2, -0.15) is 0 Å². The first kappa shape index (κ1) is 18.7. The van der Waals surface area contributed by atoms with Crippen molar-refractivity contribution in [3.63, 3.8) is 0 Å². The Bertz CT molecular complexity index is 970. The van der Waals surface area contributed by atoms with E-state index in [4.69, 9.17) is 4.74 Å². The maximum Gasteiger partial charge on any atom is 0.338 e. The van der Waals surface area contributed by atoms with Gasteiger partial charge < -0.3 is 4.74 Å². The van der Waals surface area contributed by atoms with E-state index in [9.17, 15) is 9.59 Å². The number of carbonyl (C=O) groups is 2. The summed E-state index contributed by atoms with van der Waals surface area (Å²) in [6.07, 6.45) is 3.07. The first-order valence-corrected chi connectivity index (χ1v) is 9.23. The van der Waals surface area contributed by atoms with Crippen molar-refractivity contribution >= 4 is 34.0 Å². The number of anilines is 2. The van der Waals surface area contributed by atoms with Crippen molar-refractivity contribution in [1.29, 1.82) is 0 Å². The summed E-state index contributed by atoms with van der Waals surface area (Å²) in [6, 6.07) is 9.08. The smallest absolute Gasteiger partial charge is 0.338 e. The van der Waals surface area contributed by atoms with Crippen LogP contribution in [0.25, 0.3) is 0 Å². The molecule has 0 N–H and O–H groups in total. The topological polar surface area (TPSA) is 72.4 Å². The number of aromatic nitrogens is 2. The molecule has 7 heteroatoms. The number of esters is 1. The minimum absolute atomic E-state index is 0.0380. The average Bonchev–Trinajstić information content (AvgIpc) is 3.10.